The van der Waals surface area contributed by atoms with Gasteiger partial charge in [-0.3, -0.25) is 9.59 Å². The van der Waals surface area contributed by atoms with Gasteiger partial charge in [0.05, 0.1) is 53.4 Å². The van der Waals surface area contributed by atoms with Crippen LogP contribution in [0.3, 0.4) is 0 Å². The van der Waals surface area contributed by atoms with Crippen LogP contribution in [-0.4, -0.2) is 87.0 Å². The number of benzene rings is 1. The zero-order valence-corrected chi connectivity index (χ0v) is 30.6. The fourth-order valence-corrected chi connectivity index (χ4v) is 6.04. The largest absolute Gasteiger partial charge is 1.00 e. The van der Waals surface area contributed by atoms with Crippen molar-refractivity contribution in [1.82, 2.24) is 4.90 Å². The number of likely N-dealkylation sites (tertiary alicyclic amines) is 1. The van der Waals surface area contributed by atoms with Crippen LogP contribution in [0.4, 0.5) is 0 Å². The van der Waals surface area contributed by atoms with Gasteiger partial charge in [-0.15, -0.1) is 11.8 Å². The molecule has 270 valence electrons. The van der Waals surface area contributed by atoms with Gasteiger partial charge in [0.1, 0.15) is 11.5 Å². The summed E-state index contributed by atoms with van der Waals surface area (Å²) in [6.45, 7) is 15.9. The van der Waals surface area contributed by atoms with E-state index >= 15 is 0 Å². The Morgan fingerprint density at radius 2 is 1.47 bits per heavy atom. The second-order valence-corrected chi connectivity index (χ2v) is 12.6. The predicted octanol–water partition coefficient (Wildman–Crippen LogP) is 4.02. The molecule has 1 amide bonds. The van der Waals surface area contributed by atoms with Crippen molar-refractivity contribution in [3.63, 3.8) is 0 Å². The number of rotatable bonds is 21. The molecule has 1 aliphatic heterocycles. The summed E-state index contributed by atoms with van der Waals surface area (Å²) in [4.78, 5) is 25.7. The molecule has 1 fully saturated rings. The number of aliphatic hydroxyl groups is 1. The molecule has 0 saturated carbocycles. The minimum atomic E-state index is -0.322. The molecule has 1 saturated heterocycles. The lowest BCUT2D eigenvalue weighted by molar-refractivity contribution is -0.929. The van der Waals surface area contributed by atoms with Crippen LogP contribution in [0.5, 0.6) is 11.5 Å². The molecule has 1 heterocycles. The van der Waals surface area contributed by atoms with E-state index in [2.05, 4.69) is 44.3 Å². The molecular formula is C38H65FN2O6. The number of aliphatic hydroxyl groups excluding tert-OH is 1. The number of quaternary nitrogens is 1. The Morgan fingerprint density at radius 1 is 0.894 bits per heavy atom. The van der Waals surface area contributed by atoms with E-state index in [-0.39, 0.29) is 35.0 Å². The second-order valence-electron chi connectivity index (χ2n) is 12.6. The summed E-state index contributed by atoms with van der Waals surface area (Å²) >= 11 is 0. The normalized spacial score (nSPS) is 15.6. The SMILES string of the molecule is CCCC[N+](CCCC)(CCCC)CCCC.COC(=O)CCCC#CCC1C(=O)N(Cc2ccc(OC)cc2OC)CC1CO.[F-]. The van der Waals surface area contributed by atoms with Crippen molar-refractivity contribution in [2.75, 3.05) is 60.7 Å². The highest BCUT2D eigenvalue weighted by atomic mass is 19.0. The number of unbranched alkanes of at least 4 members (excludes halogenated alkanes) is 5. The monoisotopic (exact) mass is 664 g/mol. The van der Waals surface area contributed by atoms with Gasteiger partial charge in [0, 0.05) is 56.5 Å². The fraction of sp³-hybridized carbons (Fsp3) is 0.737. The molecular weight excluding hydrogens is 599 g/mol. The number of esters is 1. The van der Waals surface area contributed by atoms with Crippen LogP contribution in [0.2, 0.25) is 0 Å². The molecule has 0 radical (unpaired) electrons. The maximum Gasteiger partial charge on any atom is 0.305 e. The smallest absolute Gasteiger partial charge is 0.305 e. The molecule has 1 aromatic rings. The maximum absolute atomic E-state index is 12.9. The van der Waals surface area contributed by atoms with Gasteiger partial charge in [-0.2, -0.15) is 0 Å². The first-order valence-electron chi connectivity index (χ1n) is 17.8. The Balaban J connectivity index is 0.00000101. The van der Waals surface area contributed by atoms with Crippen LogP contribution in [0, 0.1) is 23.7 Å². The number of hydrogen-bond donors (Lipinski definition) is 1. The van der Waals surface area contributed by atoms with Crippen LogP contribution in [0.15, 0.2) is 18.2 Å². The summed E-state index contributed by atoms with van der Waals surface area (Å²) in [5, 5.41) is 9.72. The third-order valence-electron chi connectivity index (χ3n) is 9.04. The summed E-state index contributed by atoms with van der Waals surface area (Å²) < 4.78 is 16.6. The molecule has 1 N–H and O–H groups in total. The molecule has 1 aromatic carbocycles. The van der Waals surface area contributed by atoms with Crippen molar-refractivity contribution >= 4 is 11.9 Å². The van der Waals surface area contributed by atoms with E-state index in [1.807, 2.05) is 12.1 Å². The van der Waals surface area contributed by atoms with Gasteiger partial charge >= 0.3 is 5.97 Å². The molecule has 9 heteroatoms. The van der Waals surface area contributed by atoms with E-state index < -0.39 is 0 Å². The maximum atomic E-state index is 12.9. The van der Waals surface area contributed by atoms with Gasteiger partial charge in [0.25, 0.3) is 0 Å². The van der Waals surface area contributed by atoms with Crippen LogP contribution in [-0.2, 0) is 20.9 Å². The Labute approximate surface area is 285 Å². The summed E-state index contributed by atoms with van der Waals surface area (Å²) in [6, 6.07) is 5.50. The van der Waals surface area contributed by atoms with Crippen LogP contribution in [0.25, 0.3) is 0 Å². The van der Waals surface area contributed by atoms with Gasteiger partial charge in [0.15, 0.2) is 0 Å². The Kier molecular flexibility index (Phi) is 24.6. The van der Waals surface area contributed by atoms with Crippen molar-refractivity contribution in [2.45, 2.75) is 111 Å². The fourth-order valence-electron chi connectivity index (χ4n) is 6.04. The first-order valence-corrected chi connectivity index (χ1v) is 17.8. The summed E-state index contributed by atoms with van der Waals surface area (Å²) in [5.41, 5.74) is 0.882. The standard InChI is InChI=1S/C22H29NO6.C16H36N.FH/c1-27-18-11-10-16(20(12-18)28-2)13-23-14-17(15-24)19(22(23)26)8-6-4-5-7-9-21(25)29-3;1-5-9-13-17(14-10-6-2,15-11-7-3)16-12-8-4;/h10-12,17,19,24H,5,7-9,13-15H2,1-3H3;5-16H2,1-4H3;1H/q;+1;/p-1. The van der Waals surface area contributed by atoms with Crippen molar-refractivity contribution < 1.29 is 38.1 Å². The Hall–Kier alpha value is -2.83. The third-order valence-corrected chi connectivity index (χ3v) is 9.04. The van der Waals surface area contributed by atoms with Gasteiger partial charge in [-0.25, -0.2) is 0 Å². The quantitative estimate of drug-likeness (QED) is 0.0926. The summed E-state index contributed by atoms with van der Waals surface area (Å²) in [5.74, 6) is 6.67. The molecule has 47 heavy (non-hydrogen) atoms. The number of hydrogen-bond acceptors (Lipinski definition) is 6. The highest BCUT2D eigenvalue weighted by molar-refractivity contribution is 5.82. The average molecular weight is 665 g/mol. The Morgan fingerprint density at radius 3 is 1.94 bits per heavy atom. The highest BCUT2D eigenvalue weighted by Crippen LogP contribution is 2.32. The molecule has 0 bridgehead atoms. The molecule has 2 unspecified atom stereocenters. The van der Waals surface area contributed by atoms with E-state index in [1.54, 1.807) is 25.2 Å². The number of nitrogens with zero attached hydrogens (tertiary/aromatic N) is 2. The lowest BCUT2D eigenvalue weighted by atomic mass is 9.93. The van der Waals surface area contributed by atoms with Crippen molar-refractivity contribution in [1.29, 1.82) is 0 Å². The molecule has 2 rings (SSSR count). The minimum absolute atomic E-state index is 0. The first-order chi connectivity index (χ1) is 22.3. The minimum Gasteiger partial charge on any atom is -1.00 e. The van der Waals surface area contributed by atoms with Crippen molar-refractivity contribution in [3.8, 4) is 23.3 Å². The summed E-state index contributed by atoms with van der Waals surface area (Å²) in [6.07, 6.45) is 13.0. The number of halogens is 1. The van der Waals surface area contributed by atoms with E-state index in [9.17, 15) is 14.7 Å². The number of ether oxygens (including phenoxy) is 3. The van der Waals surface area contributed by atoms with E-state index in [4.69, 9.17) is 9.47 Å². The van der Waals surface area contributed by atoms with Crippen molar-refractivity contribution in [2.24, 2.45) is 11.8 Å². The molecule has 0 spiro atoms. The number of methoxy groups -OCH3 is 3. The number of carbonyl (C=O) groups excluding carboxylic acids is 2. The van der Waals surface area contributed by atoms with E-state index in [0.717, 1.165) is 5.56 Å². The zero-order chi connectivity index (χ0) is 34.2. The zero-order valence-electron chi connectivity index (χ0n) is 30.6. The molecule has 0 aliphatic carbocycles. The van der Waals surface area contributed by atoms with Gasteiger partial charge in [-0.1, -0.05) is 53.4 Å². The van der Waals surface area contributed by atoms with E-state index in [1.165, 1.54) is 89.1 Å². The topological polar surface area (TPSA) is 85.3 Å². The average Bonchev–Trinajstić information content (AvgIpc) is 3.39. The van der Waals surface area contributed by atoms with Crippen LogP contribution < -0.4 is 14.2 Å². The van der Waals surface area contributed by atoms with Gasteiger partial charge in [-0.05, 0) is 44.2 Å². The predicted molar refractivity (Wildman–Crippen MR) is 187 cm³/mol. The highest BCUT2D eigenvalue weighted by Gasteiger charge is 2.39. The van der Waals surface area contributed by atoms with Crippen molar-refractivity contribution in [3.05, 3.63) is 23.8 Å². The number of carbonyl (C=O) groups is 2. The molecule has 1 aliphatic rings. The van der Waals surface area contributed by atoms with Gasteiger partial charge in [0.2, 0.25) is 5.91 Å². The lowest BCUT2D eigenvalue weighted by Gasteiger charge is -2.39. The molecule has 2 atom stereocenters. The molecule has 0 aromatic heterocycles. The van der Waals surface area contributed by atoms with Crippen LogP contribution >= 0.6 is 0 Å². The third kappa shape index (κ3) is 16.2. The number of amides is 1. The first kappa shape index (κ1) is 44.2. The van der Waals surface area contributed by atoms with Crippen LogP contribution in [0.1, 0.15) is 110 Å². The van der Waals surface area contributed by atoms with E-state index in [0.29, 0.717) is 50.3 Å². The summed E-state index contributed by atoms with van der Waals surface area (Å²) in [7, 11) is 4.53. The lowest BCUT2D eigenvalue weighted by Crippen LogP contribution is -3.00. The second kappa shape index (κ2) is 26.2. The Bertz CT molecular complexity index is 1020. The molecule has 8 nitrogen and oxygen atoms in total. The van der Waals surface area contributed by atoms with Gasteiger partial charge < -0.3 is 33.4 Å².